The lowest BCUT2D eigenvalue weighted by Crippen LogP contribution is -2.17. The number of rotatable bonds is 8. The van der Waals surface area contributed by atoms with Crippen LogP contribution in [0.4, 0.5) is 17.1 Å². The minimum Gasteiger partial charge on any atom is -0.322 e. The van der Waals surface area contributed by atoms with Crippen molar-refractivity contribution in [2.75, 3.05) is 20.5 Å². The summed E-state index contributed by atoms with van der Waals surface area (Å²) in [6.07, 6.45) is 0. The van der Waals surface area contributed by atoms with Crippen LogP contribution >= 0.6 is 0 Å². The van der Waals surface area contributed by atoms with Crippen molar-refractivity contribution in [3.8, 4) is 0 Å². The van der Waals surface area contributed by atoms with Crippen LogP contribution in [0.2, 0.25) is 0 Å². The Labute approximate surface area is 194 Å². The van der Waals surface area contributed by atoms with E-state index in [1.54, 1.807) is 43.3 Å². The number of carbonyl (C=O) groups is 1. The molecule has 0 heterocycles. The fourth-order valence-electron chi connectivity index (χ4n) is 3.03. The summed E-state index contributed by atoms with van der Waals surface area (Å²) < 4.78 is 54.1. The van der Waals surface area contributed by atoms with Crippen LogP contribution in [0.3, 0.4) is 0 Å². The van der Waals surface area contributed by atoms with Gasteiger partial charge in [0.15, 0.2) is 0 Å². The molecular formula is C23H25N3O5S2. The maximum absolute atomic E-state index is 12.8. The maximum Gasteiger partial charge on any atom is 0.261 e. The normalized spacial score (nSPS) is 11.6. The second-order valence-corrected chi connectivity index (χ2v) is 11.2. The second kappa shape index (κ2) is 9.63. The van der Waals surface area contributed by atoms with Crippen molar-refractivity contribution in [3.05, 3.63) is 83.4 Å². The van der Waals surface area contributed by atoms with E-state index < -0.39 is 26.0 Å². The molecule has 174 valence electrons. The van der Waals surface area contributed by atoms with Gasteiger partial charge in [-0.05, 0) is 80.4 Å². The van der Waals surface area contributed by atoms with Gasteiger partial charge in [0.25, 0.3) is 15.9 Å². The molecule has 0 fully saturated rings. The lowest BCUT2D eigenvalue weighted by atomic mass is 10.1. The molecule has 0 unspecified atom stereocenters. The fraction of sp³-hybridized carbons (Fsp3) is 0.174. The first-order valence-electron chi connectivity index (χ1n) is 10.1. The van der Waals surface area contributed by atoms with E-state index >= 15 is 0 Å². The molecule has 0 saturated carbocycles. The number of sulfonamides is 2. The average Bonchev–Trinajstić information content (AvgIpc) is 2.75. The van der Waals surface area contributed by atoms with E-state index in [1.165, 1.54) is 31.2 Å². The largest absolute Gasteiger partial charge is 0.322 e. The molecule has 0 radical (unpaired) electrons. The zero-order valence-electron chi connectivity index (χ0n) is 18.4. The quantitative estimate of drug-likeness (QED) is 0.441. The molecule has 1 amide bonds. The molecular weight excluding hydrogens is 462 g/mol. The third-order valence-corrected chi connectivity index (χ3v) is 7.48. The van der Waals surface area contributed by atoms with Crippen molar-refractivity contribution in [2.24, 2.45) is 0 Å². The van der Waals surface area contributed by atoms with Crippen molar-refractivity contribution in [2.45, 2.75) is 25.7 Å². The molecule has 0 aliphatic heterocycles. The zero-order chi connectivity index (χ0) is 24.2. The lowest BCUT2D eigenvalue weighted by molar-refractivity contribution is 0.102. The molecule has 0 bridgehead atoms. The molecule has 0 atom stereocenters. The van der Waals surface area contributed by atoms with Crippen LogP contribution in [0.1, 0.15) is 28.4 Å². The molecule has 3 aromatic carbocycles. The third kappa shape index (κ3) is 6.33. The van der Waals surface area contributed by atoms with Gasteiger partial charge in [-0.3, -0.25) is 14.2 Å². The Bertz CT molecular complexity index is 1400. The summed E-state index contributed by atoms with van der Waals surface area (Å²) in [6.45, 7) is 5.11. The number of benzene rings is 3. The minimum absolute atomic E-state index is 0.0443. The minimum atomic E-state index is -3.89. The highest BCUT2D eigenvalue weighted by atomic mass is 32.2. The number of carbonyl (C=O) groups excluding carboxylic acids is 1. The third-order valence-electron chi connectivity index (χ3n) is 4.81. The maximum atomic E-state index is 12.8. The van der Waals surface area contributed by atoms with Gasteiger partial charge in [0.05, 0.1) is 16.3 Å². The SMILES string of the molecule is CCS(=O)(=O)Nc1ccc(NC(=O)c2cccc(S(=O)(=O)Nc3cccc(C)c3)c2)cc1C. The summed E-state index contributed by atoms with van der Waals surface area (Å²) in [7, 11) is -7.30. The average molecular weight is 488 g/mol. The van der Waals surface area contributed by atoms with Gasteiger partial charge < -0.3 is 5.32 Å². The van der Waals surface area contributed by atoms with Crippen molar-refractivity contribution in [1.29, 1.82) is 0 Å². The van der Waals surface area contributed by atoms with Gasteiger partial charge in [-0.15, -0.1) is 0 Å². The van der Waals surface area contributed by atoms with E-state index in [0.717, 1.165) is 5.56 Å². The summed E-state index contributed by atoms with van der Waals surface area (Å²) >= 11 is 0. The number of aryl methyl sites for hydroxylation is 2. The Hall–Kier alpha value is -3.37. The van der Waals surface area contributed by atoms with Gasteiger partial charge in [-0.2, -0.15) is 0 Å². The second-order valence-electron chi connectivity index (χ2n) is 7.49. The standard InChI is InChI=1S/C23H25N3O5S2/c1-4-32(28,29)26-22-12-11-19(14-17(22)3)24-23(27)18-8-6-10-21(15-18)33(30,31)25-20-9-5-7-16(2)13-20/h5-15,25-26H,4H2,1-3H3,(H,24,27). The van der Waals surface area contributed by atoms with E-state index in [-0.39, 0.29) is 16.2 Å². The zero-order valence-corrected chi connectivity index (χ0v) is 20.0. The van der Waals surface area contributed by atoms with Crippen LogP contribution < -0.4 is 14.8 Å². The molecule has 0 aliphatic carbocycles. The number of nitrogens with one attached hydrogen (secondary N) is 3. The monoisotopic (exact) mass is 487 g/mol. The molecule has 8 nitrogen and oxygen atoms in total. The molecule has 3 rings (SSSR count). The van der Waals surface area contributed by atoms with Crippen LogP contribution in [-0.4, -0.2) is 28.5 Å². The molecule has 33 heavy (non-hydrogen) atoms. The molecule has 10 heteroatoms. The van der Waals surface area contributed by atoms with E-state index in [9.17, 15) is 21.6 Å². The Morgan fingerprint density at radius 3 is 2.21 bits per heavy atom. The highest BCUT2D eigenvalue weighted by Gasteiger charge is 2.17. The summed E-state index contributed by atoms with van der Waals surface area (Å²) in [5, 5.41) is 2.71. The first kappa shape index (κ1) is 24.3. The summed E-state index contributed by atoms with van der Waals surface area (Å²) in [6, 6.07) is 17.4. The number of hydrogen-bond donors (Lipinski definition) is 3. The van der Waals surface area contributed by atoms with Gasteiger partial charge in [-0.25, -0.2) is 16.8 Å². The van der Waals surface area contributed by atoms with E-state index in [0.29, 0.717) is 22.6 Å². The topological polar surface area (TPSA) is 121 Å². The Kier molecular flexibility index (Phi) is 7.09. The van der Waals surface area contributed by atoms with E-state index in [4.69, 9.17) is 0 Å². The summed E-state index contributed by atoms with van der Waals surface area (Å²) in [5.74, 6) is -0.549. The van der Waals surface area contributed by atoms with Crippen molar-refractivity contribution >= 4 is 43.0 Å². The van der Waals surface area contributed by atoms with Gasteiger partial charge in [-0.1, -0.05) is 18.2 Å². The van der Waals surface area contributed by atoms with Crippen LogP contribution in [0.25, 0.3) is 0 Å². The predicted octanol–water partition coefficient (Wildman–Crippen LogP) is 4.12. The first-order chi connectivity index (χ1) is 15.5. The predicted molar refractivity (Wildman–Crippen MR) is 131 cm³/mol. The summed E-state index contributed by atoms with van der Waals surface area (Å²) in [4.78, 5) is 12.7. The first-order valence-corrected chi connectivity index (χ1v) is 13.2. The van der Waals surface area contributed by atoms with Crippen LogP contribution in [0.5, 0.6) is 0 Å². The van der Waals surface area contributed by atoms with Gasteiger partial charge in [0, 0.05) is 16.9 Å². The fourth-order valence-corrected chi connectivity index (χ4v) is 4.83. The van der Waals surface area contributed by atoms with Gasteiger partial charge >= 0.3 is 0 Å². The summed E-state index contributed by atoms with van der Waals surface area (Å²) in [5.41, 5.74) is 3.00. The lowest BCUT2D eigenvalue weighted by Gasteiger charge is -2.12. The van der Waals surface area contributed by atoms with Gasteiger partial charge in [0.2, 0.25) is 10.0 Å². The highest BCUT2D eigenvalue weighted by molar-refractivity contribution is 7.93. The molecule has 0 saturated heterocycles. The van der Waals surface area contributed by atoms with Crippen molar-refractivity contribution in [1.82, 2.24) is 0 Å². The van der Waals surface area contributed by atoms with Crippen LogP contribution in [0, 0.1) is 13.8 Å². The highest BCUT2D eigenvalue weighted by Crippen LogP contribution is 2.22. The Morgan fingerprint density at radius 2 is 1.55 bits per heavy atom. The smallest absolute Gasteiger partial charge is 0.261 e. The molecule has 0 aliphatic rings. The van der Waals surface area contributed by atoms with Crippen LogP contribution in [-0.2, 0) is 20.0 Å². The van der Waals surface area contributed by atoms with Crippen molar-refractivity contribution < 1.29 is 21.6 Å². The molecule has 0 aromatic heterocycles. The van der Waals surface area contributed by atoms with E-state index in [2.05, 4.69) is 14.8 Å². The van der Waals surface area contributed by atoms with E-state index in [1.807, 2.05) is 13.0 Å². The number of amides is 1. The van der Waals surface area contributed by atoms with Gasteiger partial charge in [0.1, 0.15) is 0 Å². The van der Waals surface area contributed by atoms with Crippen molar-refractivity contribution in [3.63, 3.8) is 0 Å². The molecule has 3 aromatic rings. The molecule has 0 spiro atoms. The molecule has 3 N–H and O–H groups in total. The number of anilines is 3. The Balaban J connectivity index is 1.77. The Morgan fingerprint density at radius 1 is 0.818 bits per heavy atom. The number of hydrogen-bond acceptors (Lipinski definition) is 5. The van der Waals surface area contributed by atoms with Crippen LogP contribution in [0.15, 0.2) is 71.6 Å².